The standard InChI is InChI=1S/C13H21ClN2O/c1-2-9-4-3-5-10(8-9)13(16-15)11-6-7-12(14)17-11/h6-7,9-10,13,16H,2-5,8,15H2,1H3. The molecule has 2 rings (SSSR count). The lowest BCUT2D eigenvalue weighted by atomic mass is 9.76. The summed E-state index contributed by atoms with van der Waals surface area (Å²) in [5.74, 6) is 7.92. The highest BCUT2D eigenvalue weighted by Gasteiger charge is 2.29. The lowest BCUT2D eigenvalue weighted by molar-refractivity contribution is 0.194. The van der Waals surface area contributed by atoms with Gasteiger partial charge in [-0.25, -0.2) is 5.43 Å². The van der Waals surface area contributed by atoms with Crippen LogP contribution in [0.2, 0.25) is 5.22 Å². The predicted octanol–water partition coefficient (Wildman–Crippen LogP) is 3.65. The van der Waals surface area contributed by atoms with Crippen LogP contribution in [0.3, 0.4) is 0 Å². The molecule has 0 aromatic carbocycles. The van der Waals surface area contributed by atoms with Crippen molar-refractivity contribution in [2.24, 2.45) is 17.7 Å². The highest BCUT2D eigenvalue weighted by Crippen LogP contribution is 2.38. The van der Waals surface area contributed by atoms with Crippen molar-refractivity contribution in [2.45, 2.75) is 45.1 Å². The van der Waals surface area contributed by atoms with E-state index in [2.05, 4.69) is 12.3 Å². The van der Waals surface area contributed by atoms with E-state index in [1.165, 1.54) is 32.1 Å². The fourth-order valence-electron chi connectivity index (χ4n) is 2.95. The third-order valence-corrected chi connectivity index (χ3v) is 4.16. The van der Waals surface area contributed by atoms with Crippen LogP contribution in [-0.4, -0.2) is 0 Å². The maximum absolute atomic E-state index is 5.82. The van der Waals surface area contributed by atoms with Gasteiger partial charge in [-0.1, -0.05) is 26.2 Å². The lowest BCUT2D eigenvalue weighted by Gasteiger charge is -2.33. The van der Waals surface area contributed by atoms with Gasteiger partial charge in [0.25, 0.3) is 0 Å². The number of halogens is 1. The van der Waals surface area contributed by atoms with E-state index in [0.717, 1.165) is 11.7 Å². The summed E-state index contributed by atoms with van der Waals surface area (Å²) in [5, 5.41) is 0.433. The van der Waals surface area contributed by atoms with Crippen molar-refractivity contribution in [3.05, 3.63) is 23.1 Å². The van der Waals surface area contributed by atoms with Gasteiger partial charge in [0.1, 0.15) is 5.76 Å². The summed E-state index contributed by atoms with van der Waals surface area (Å²) in [4.78, 5) is 0. The van der Waals surface area contributed by atoms with E-state index in [4.69, 9.17) is 21.9 Å². The Balaban J connectivity index is 2.07. The van der Waals surface area contributed by atoms with Crippen LogP contribution in [0, 0.1) is 11.8 Å². The smallest absolute Gasteiger partial charge is 0.193 e. The van der Waals surface area contributed by atoms with E-state index >= 15 is 0 Å². The number of nitrogens with one attached hydrogen (secondary N) is 1. The maximum Gasteiger partial charge on any atom is 0.193 e. The molecule has 17 heavy (non-hydrogen) atoms. The molecular formula is C13H21ClN2O. The molecular weight excluding hydrogens is 236 g/mol. The molecule has 3 nitrogen and oxygen atoms in total. The Kier molecular flexibility index (Phi) is 4.48. The number of nitrogens with two attached hydrogens (primary N) is 1. The molecule has 3 atom stereocenters. The molecule has 4 heteroatoms. The van der Waals surface area contributed by atoms with Gasteiger partial charge in [0, 0.05) is 0 Å². The zero-order chi connectivity index (χ0) is 12.3. The van der Waals surface area contributed by atoms with Crippen LogP contribution in [0.25, 0.3) is 0 Å². The fourth-order valence-corrected chi connectivity index (χ4v) is 3.10. The summed E-state index contributed by atoms with van der Waals surface area (Å²) in [6.07, 6.45) is 6.33. The van der Waals surface area contributed by atoms with Crippen molar-refractivity contribution in [2.75, 3.05) is 0 Å². The molecule has 1 aliphatic rings. The van der Waals surface area contributed by atoms with Gasteiger partial charge in [0.05, 0.1) is 6.04 Å². The Morgan fingerprint density at radius 3 is 2.94 bits per heavy atom. The van der Waals surface area contributed by atoms with Crippen molar-refractivity contribution < 1.29 is 4.42 Å². The van der Waals surface area contributed by atoms with Crippen LogP contribution < -0.4 is 11.3 Å². The highest BCUT2D eigenvalue weighted by molar-refractivity contribution is 6.28. The van der Waals surface area contributed by atoms with E-state index in [0.29, 0.717) is 11.1 Å². The van der Waals surface area contributed by atoms with E-state index in [-0.39, 0.29) is 6.04 Å². The normalized spacial score (nSPS) is 27.0. The molecule has 1 aliphatic carbocycles. The molecule has 0 radical (unpaired) electrons. The van der Waals surface area contributed by atoms with E-state index in [1.54, 1.807) is 6.07 Å². The minimum absolute atomic E-state index is 0.0943. The fraction of sp³-hybridized carbons (Fsp3) is 0.692. The zero-order valence-electron chi connectivity index (χ0n) is 10.3. The largest absolute Gasteiger partial charge is 0.448 e. The Hall–Kier alpha value is -0.510. The average Bonchev–Trinajstić information content (AvgIpc) is 2.77. The first-order valence-electron chi connectivity index (χ1n) is 6.46. The van der Waals surface area contributed by atoms with Crippen LogP contribution >= 0.6 is 11.6 Å². The van der Waals surface area contributed by atoms with Gasteiger partial charge in [-0.05, 0) is 48.4 Å². The van der Waals surface area contributed by atoms with Gasteiger partial charge >= 0.3 is 0 Å². The molecule has 0 bridgehead atoms. The van der Waals surface area contributed by atoms with Gasteiger partial charge in [0.2, 0.25) is 0 Å². The molecule has 1 aromatic heterocycles. The quantitative estimate of drug-likeness (QED) is 0.639. The zero-order valence-corrected chi connectivity index (χ0v) is 11.0. The second kappa shape index (κ2) is 5.89. The average molecular weight is 257 g/mol. The Bertz CT molecular complexity index is 353. The van der Waals surface area contributed by atoms with Crippen molar-refractivity contribution in [3.63, 3.8) is 0 Å². The molecule has 1 aromatic rings. The minimum atomic E-state index is 0.0943. The van der Waals surface area contributed by atoms with Crippen molar-refractivity contribution >= 4 is 11.6 Å². The SMILES string of the molecule is CCC1CCCC(C(NN)c2ccc(Cl)o2)C1. The Labute approximate surface area is 108 Å². The number of rotatable bonds is 4. The topological polar surface area (TPSA) is 51.2 Å². The maximum atomic E-state index is 5.82. The molecule has 0 aliphatic heterocycles. The van der Waals surface area contributed by atoms with Crippen LogP contribution in [0.4, 0.5) is 0 Å². The molecule has 1 fully saturated rings. The Morgan fingerprint density at radius 1 is 1.53 bits per heavy atom. The van der Waals surface area contributed by atoms with Gasteiger partial charge < -0.3 is 4.42 Å². The summed E-state index contributed by atoms with van der Waals surface area (Å²) in [7, 11) is 0. The van der Waals surface area contributed by atoms with Crippen LogP contribution in [-0.2, 0) is 0 Å². The van der Waals surface area contributed by atoms with E-state index in [1.807, 2.05) is 6.07 Å². The third-order valence-electron chi connectivity index (χ3n) is 3.95. The summed E-state index contributed by atoms with van der Waals surface area (Å²) >= 11 is 5.82. The summed E-state index contributed by atoms with van der Waals surface area (Å²) in [6.45, 7) is 2.27. The lowest BCUT2D eigenvalue weighted by Crippen LogP contribution is -2.35. The third kappa shape index (κ3) is 3.03. The highest BCUT2D eigenvalue weighted by atomic mass is 35.5. The predicted molar refractivity (Wildman–Crippen MR) is 69.5 cm³/mol. The molecule has 1 saturated carbocycles. The minimum Gasteiger partial charge on any atom is -0.448 e. The van der Waals surface area contributed by atoms with Crippen LogP contribution in [0.5, 0.6) is 0 Å². The summed E-state index contributed by atoms with van der Waals surface area (Å²) < 4.78 is 5.48. The molecule has 3 N–H and O–H groups in total. The molecule has 3 unspecified atom stereocenters. The monoisotopic (exact) mass is 256 g/mol. The first-order chi connectivity index (χ1) is 8.24. The first-order valence-corrected chi connectivity index (χ1v) is 6.83. The molecule has 0 saturated heterocycles. The van der Waals surface area contributed by atoms with Crippen molar-refractivity contribution in [1.82, 2.24) is 5.43 Å². The van der Waals surface area contributed by atoms with Gasteiger partial charge in [-0.3, -0.25) is 5.84 Å². The second-order valence-electron chi connectivity index (χ2n) is 4.99. The molecule has 96 valence electrons. The number of hydrogen-bond donors (Lipinski definition) is 2. The van der Waals surface area contributed by atoms with E-state index in [9.17, 15) is 0 Å². The Morgan fingerprint density at radius 2 is 2.35 bits per heavy atom. The van der Waals surface area contributed by atoms with Crippen molar-refractivity contribution in [1.29, 1.82) is 0 Å². The van der Waals surface area contributed by atoms with Crippen molar-refractivity contribution in [3.8, 4) is 0 Å². The summed E-state index contributed by atoms with van der Waals surface area (Å²) in [6, 6.07) is 3.79. The van der Waals surface area contributed by atoms with Crippen LogP contribution in [0.1, 0.15) is 50.8 Å². The number of hydrazine groups is 1. The number of furan rings is 1. The van der Waals surface area contributed by atoms with Gasteiger partial charge in [0.15, 0.2) is 5.22 Å². The number of hydrogen-bond acceptors (Lipinski definition) is 3. The van der Waals surface area contributed by atoms with Gasteiger partial charge in [-0.15, -0.1) is 0 Å². The first kappa shape index (κ1) is 12.9. The summed E-state index contributed by atoms with van der Waals surface area (Å²) in [5.41, 5.74) is 2.89. The molecule has 0 spiro atoms. The molecule has 0 amide bonds. The van der Waals surface area contributed by atoms with E-state index < -0.39 is 0 Å². The second-order valence-corrected chi connectivity index (χ2v) is 5.36. The molecule has 1 heterocycles. The van der Waals surface area contributed by atoms with Crippen LogP contribution in [0.15, 0.2) is 16.5 Å². The van der Waals surface area contributed by atoms with Gasteiger partial charge in [-0.2, -0.15) is 0 Å².